The van der Waals surface area contributed by atoms with Crippen LogP contribution in [0.1, 0.15) is 27.7 Å². The lowest BCUT2D eigenvalue weighted by molar-refractivity contribution is 0.623. The summed E-state index contributed by atoms with van der Waals surface area (Å²) in [5.41, 5.74) is 1.38. The molecule has 0 bridgehead atoms. The van der Waals surface area contributed by atoms with E-state index in [-0.39, 0.29) is 0 Å². The number of nitrogens with zero attached hydrogens (tertiary/aromatic N) is 1. The van der Waals surface area contributed by atoms with Crippen LogP contribution in [0.5, 0.6) is 0 Å². The van der Waals surface area contributed by atoms with E-state index in [0.29, 0.717) is 12.0 Å². The fourth-order valence-corrected chi connectivity index (χ4v) is 1.37. The second-order valence-corrected chi connectivity index (χ2v) is 3.36. The van der Waals surface area contributed by atoms with E-state index in [1.807, 2.05) is 13.1 Å². The highest BCUT2D eigenvalue weighted by Gasteiger charge is 2.14. The van der Waals surface area contributed by atoms with Gasteiger partial charge in [-0.1, -0.05) is 13.8 Å². The van der Waals surface area contributed by atoms with Crippen molar-refractivity contribution in [2.24, 2.45) is 10.9 Å². The summed E-state index contributed by atoms with van der Waals surface area (Å²) in [5, 5.41) is 3.29. The molecule has 1 rings (SSSR count). The number of hydrogen-bond donors (Lipinski definition) is 1. The number of hydrogen-bond acceptors (Lipinski definition) is 2. The molecule has 0 aliphatic carbocycles. The molecule has 1 aliphatic rings. The minimum absolute atomic E-state index is 0.451. The van der Waals surface area contributed by atoms with Gasteiger partial charge < -0.3 is 5.32 Å². The van der Waals surface area contributed by atoms with Gasteiger partial charge in [-0.15, -0.1) is 0 Å². The number of amidine groups is 1. The van der Waals surface area contributed by atoms with Gasteiger partial charge in [0.1, 0.15) is 0 Å². The van der Waals surface area contributed by atoms with Crippen molar-refractivity contribution in [3.05, 3.63) is 11.8 Å². The average Bonchev–Trinajstić information content (AvgIpc) is 1.85. The van der Waals surface area contributed by atoms with E-state index < -0.39 is 0 Å². The molecule has 0 radical (unpaired) electrons. The van der Waals surface area contributed by atoms with Gasteiger partial charge in [-0.05, 0) is 25.3 Å². The molecule has 0 amide bonds. The summed E-state index contributed by atoms with van der Waals surface area (Å²) < 4.78 is 0. The SMILES string of the molecule is CC1=NC=C(C(C)C)C(C)N1. The van der Waals surface area contributed by atoms with E-state index in [0.717, 1.165) is 5.84 Å². The lowest BCUT2D eigenvalue weighted by Gasteiger charge is -2.24. The molecule has 0 saturated carbocycles. The van der Waals surface area contributed by atoms with Crippen molar-refractivity contribution in [1.82, 2.24) is 5.32 Å². The summed E-state index contributed by atoms with van der Waals surface area (Å²) in [6, 6.07) is 0.451. The molecule has 0 fully saturated rings. The van der Waals surface area contributed by atoms with Gasteiger partial charge in [0.15, 0.2) is 0 Å². The predicted molar refractivity (Wildman–Crippen MR) is 48.6 cm³/mol. The molecule has 0 aromatic heterocycles. The van der Waals surface area contributed by atoms with E-state index in [4.69, 9.17) is 0 Å². The zero-order valence-electron chi connectivity index (χ0n) is 7.68. The minimum atomic E-state index is 0.451. The maximum absolute atomic E-state index is 4.23. The molecule has 2 nitrogen and oxygen atoms in total. The Labute approximate surface area is 68.4 Å². The molecule has 0 spiro atoms. The van der Waals surface area contributed by atoms with Crippen molar-refractivity contribution in [2.45, 2.75) is 33.7 Å². The first-order valence-electron chi connectivity index (χ1n) is 4.12. The monoisotopic (exact) mass is 152 g/mol. The fourth-order valence-electron chi connectivity index (χ4n) is 1.37. The van der Waals surface area contributed by atoms with Crippen LogP contribution in [0.4, 0.5) is 0 Å². The largest absolute Gasteiger partial charge is 0.367 e. The molecule has 1 heterocycles. The lowest BCUT2D eigenvalue weighted by Crippen LogP contribution is -2.35. The maximum Gasteiger partial charge on any atom is 0.0988 e. The Kier molecular flexibility index (Phi) is 2.32. The molecular formula is C9H16N2. The van der Waals surface area contributed by atoms with E-state index in [1.165, 1.54) is 5.57 Å². The van der Waals surface area contributed by atoms with Gasteiger partial charge in [0.05, 0.1) is 5.84 Å². The maximum atomic E-state index is 4.23. The Hall–Kier alpha value is -0.790. The molecule has 0 saturated heterocycles. The van der Waals surface area contributed by atoms with Crippen LogP contribution in [0.25, 0.3) is 0 Å². The normalized spacial score (nSPS) is 24.3. The van der Waals surface area contributed by atoms with Gasteiger partial charge in [-0.2, -0.15) is 0 Å². The van der Waals surface area contributed by atoms with Gasteiger partial charge in [0.25, 0.3) is 0 Å². The molecule has 2 heteroatoms. The summed E-state index contributed by atoms with van der Waals surface area (Å²) in [6.07, 6.45) is 1.99. The molecule has 1 unspecified atom stereocenters. The Balaban J connectivity index is 2.78. The first-order valence-corrected chi connectivity index (χ1v) is 4.12. The van der Waals surface area contributed by atoms with E-state index in [9.17, 15) is 0 Å². The van der Waals surface area contributed by atoms with Crippen LogP contribution >= 0.6 is 0 Å². The molecule has 1 atom stereocenters. The Bertz CT molecular complexity index is 202. The van der Waals surface area contributed by atoms with E-state index in [1.54, 1.807) is 0 Å². The second-order valence-electron chi connectivity index (χ2n) is 3.36. The van der Waals surface area contributed by atoms with Crippen LogP contribution in [0.2, 0.25) is 0 Å². The van der Waals surface area contributed by atoms with E-state index in [2.05, 4.69) is 31.1 Å². The molecule has 1 N–H and O–H groups in total. The highest BCUT2D eigenvalue weighted by Crippen LogP contribution is 2.16. The lowest BCUT2D eigenvalue weighted by atomic mass is 9.97. The molecular weight excluding hydrogens is 136 g/mol. The Morgan fingerprint density at radius 1 is 1.55 bits per heavy atom. The molecule has 0 aromatic carbocycles. The van der Waals surface area contributed by atoms with Crippen molar-refractivity contribution in [1.29, 1.82) is 0 Å². The van der Waals surface area contributed by atoms with Gasteiger partial charge in [-0.3, -0.25) is 0 Å². The van der Waals surface area contributed by atoms with Crippen molar-refractivity contribution in [2.75, 3.05) is 0 Å². The quantitative estimate of drug-likeness (QED) is 0.610. The van der Waals surface area contributed by atoms with Crippen molar-refractivity contribution in [3.8, 4) is 0 Å². The highest BCUT2D eigenvalue weighted by atomic mass is 15.0. The van der Waals surface area contributed by atoms with Crippen LogP contribution < -0.4 is 5.32 Å². The van der Waals surface area contributed by atoms with Gasteiger partial charge in [0.2, 0.25) is 0 Å². The van der Waals surface area contributed by atoms with Crippen LogP contribution in [0, 0.1) is 5.92 Å². The molecule has 1 aliphatic heterocycles. The van der Waals surface area contributed by atoms with Crippen LogP contribution in [0.15, 0.2) is 16.8 Å². The van der Waals surface area contributed by atoms with Crippen molar-refractivity contribution < 1.29 is 0 Å². The molecule has 11 heavy (non-hydrogen) atoms. The van der Waals surface area contributed by atoms with Crippen LogP contribution in [0.3, 0.4) is 0 Å². The minimum Gasteiger partial charge on any atom is -0.367 e. The summed E-state index contributed by atoms with van der Waals surface area (Å²) in [5.74, 6) is 1.61. The predicted octanol–water partition coefficient (Wildman–Crippen LogP) is 1.94. The zero-order chi connectivity index (χ0) is 8.43. The zero-order valence-corrected chi connectivity index (χ0v) is 7.68. The summed E-state index contributed by atoms with van der Waals surface area (Å²) in [4.78, 5) is 4.23. The summed E-state index contributed by atoms with van der Waals surface area (Å²) in [7, 11) is 0. The smallest absolute Gasteiger partial charge is 0.0988 e. The second kappa shape index (κ2) is 3.07. The van der Waals surface area contributed by atoms with Gasteiger partial charge in [-0.25, -0.2) is 4.99 Å². The standard InChI is InChI=1S/C9H16N2/c1-6(2)9-5-10-8(4)11-7(9)3/h5-7H,1-4H3,(H,10,11). The third-order valence-corrected chi connectivity index (χ3v) is 2.00. The number of nitrogens with one attached hydrogen (secondary N) is 1. The first-order chi connectivity index (χ1) is 5.11. The Morgan fingerprint density at radius 3 is 2.64 bits per heavy atom. The number of rotatable bonds is 1. The van der Waals surface area contributed by atoms with E-state index >= 15 is 0 Å². The highest BCUT2D eigenvalue weighted by molar-refractivity contribution is 5.81. The third-order valence-electron chi connectivity index (χ3n) is 2.00. The average molecular weight is 152 g/mol. The number of aliphatic imine (C=N–C) groups is 1. The third kappa shape index (κ3) is 1.82. The fraction of sp³-hybridized carbons (Fsp3) is 0.667. The topological polar surface area (TPSA) is 24.4 Å². The first kappa shape index (κ1) is 8.31. The van der Waals surface area contributed by atoms with Crippen LogP contribution in [-0.2, 0) is 0 Å². The van der Waals surface area contributed by atoms with Crippen molar-refractivity contribution in [3.63, 3.8) is 0 Å². The van der Waals surface area contributed by atoms with Crippen LogP contribution in [-0.4, -0.2) is 11.9 Å². The summed E-state index contributed by atoms with van der Waals surface area (Å²) >= 11 is 0. The molecule has 0 aromatic rings. The van der Waals surface area contributed by atoms with Crippen molar-refractivity contribution >= 4 is 5.84 Å². The Morgan fingerprint density at radius 2 is 2.18 bits per heavy atom. The van der Waals surface area contributed by atoms with Gasteiger partial charge >= 0.3 is 0 Å². The van der Waals surface area contributed by atoms with Gasteiger partial charge in [0, 0.05) is 12.2 Å². The molecule has 62 valence electrons. The summed E-state index contributed by atoms with van der Waals surface area (Å²) in [6.45, 7) is 8.55.